The van der Waals surface area contributed by atoms with Crippen molar-refractivity contribution in [2.24, 2.45) is 11.1 Å². The summed E-state index contributed by atoms with van der Waals surface area (Å²) in [6.45, 7) is 8.54. The zero-order chi connectivity index (χ0) is 56.3. The summed E-state index contributed by atoms with van der Waals surface area (Å²) in [5, 5.41) is 27.1. The Bertz CT molecular complexity index is 2460. The van der Waals surface area contributed by atoms with E-state index in [0.29, 0.717) is 24.2 Å². The van der Waals surface area contributed by atoms with Crippen molar-refractivity contribution in [1.29, 1.82) is 0 Å². The fraction of sp³-hybridized carbons (Fsp3) is 0.509. The molecule has 1 aliphatic rings. The minimum atomic E-state index is -1.46. The predicted molar refractivity (Wildman–Crippen MR) is 280 cm³/mol. The van der Waals surface area contributed by atoms with E-state index < -0.39 is 77.2 Å². The Hall–Kier alpha value is -6.57. The average Bonchev–Trinajstić information content (AvgIpc) is 3.96. The number of amides is 6. The van der Waals surface area contributed by atoms with E-state index in [4.69, 9.17) is 24.7 Å². The summed E-state index contributed by atoms with van der Waals surface area (Å²) in [7, 11) is 0. The van der Waals surface area contributed by atoms with Crippen LogP contribution < -0.4 is 21.7 Å². The number of imide groups is 1. The van der Waals surface area contributed by atoms with Crippen molar-refractivity contribution >= 4 is 59.1 Å². The number of rotatable bonds is 37. The first kappa shape index (κ1) is 63.0. The molecule has 0 bridgehead atoms. The molecule has 7 N–H and O–H groups in total. The number of benzene rings is 2. The summed E-state index contributed by atoms with van der Waals surface area (Å²) >= 11 is 0.980. The molecule has 1 aliphatic heterocycles. The fourth-order valence-corrected chi connectivity index (χ4v) is 8.92. The largest absolute Gasteiger partial charge is 0.480 e. The molecule has 422 valence electrons. The summed E-state index contributed by atoms with van der Waals surface area (Å²) < 4.78 is 53.2. The Balaban J connectivity index is 1.16. The molecule has 4 rings (SSSR count). The maximum absolute atomic E-state index is 15.2. The number of thioether (sulfide) groups is 1. The second-order valence-electron chi connectivity index (χ2n) is 18.8. The van der Waals surface area contributed by atoms with Crippen molar-refractivity contribution in [3.63, 3.8) is 0 Å². The zero-order valence-electron chi connectivity index (χ0n) is 43.7. The Kier molecular flexibility index (Phi) is 26.9. The van der Waals surface area contributed by atoms with Crippen LogP contribution in [0.4, 0.5) is 8.78 Å². The molecular weight excluding hydrogens is 1030 g/mol. The van der Waals surface area contributed by atoms with Gasteiger partial charge in [0.15, 0.2) is 0 Å². The van der Waals surface area contributed by atoms with E-state index >= 15 is 4.39 Å². The average molecular weight is 1100 g/mol. The molecule has 0 spiro atoms. The molecule has 0 aliphatic carbocycles. The van der Waals surface area contributed by atoms with Gasteiger partial charge in [-0.15, -0.1) is 11.8 Å². The van der Waals surface area contributed by atoms with E-state index in [9.17, 15) is 53.0 Å². The van der Waals surface area contributed by atoms with E-state index in [1.54, 1.807) is 17.2 Å². The van der Waals surface area contributed by atoms with E-state index in [-0.39, 0.29) is 127 Å². The second-order valence-corrected chi connectivity index (χ2v) is 19.9. The minimum Gasteiger partial charge on any atom is -0.480 e. The lowest BCUT2D eigenvalue weighted by Crippen LogP contribution is -2.46. The fourth-order valence-electron chi connectivity index (χ4n) is 8.00. The SMILES string of the molecule is CC(C)(C)[C@H](c1cc(-c2cc(F)ccc2F)cn1Cc1ccccc1)N(CCCN)C(=O)CSC[C@H](NC(=O)CC[C@H](NC(=O)CCOCCOCCOCCOCCNC(=O)CCN1C(=O)C=CC1=O)C(=O)O)C(=O)O. The highest BCUT2D eigenvalue weighted by Gasteiger charge is 2.37. The number of nitrogens with zero attached hydrogens (tertiary/aromatic N) is 3. The first-order valence-corrected chi connectivity index (χ1v) is 26.4. The topological polar surface area (TPSA) is 287 Å². The van der Waals surface area contributed by atoms with Crippen molar-refractivity contribution in [2.45, 2.75) is 77.5 Å². The maximum Gasteiger partial charge on any atom is 0.327 e. The summed E-state index contributed by atoms with van der Waals surface area (Å²) in [6.07, 6.45) is 3.49. The third-order valence-electron chi connectivity index (χ3n) is 11.8. The molecule has 1 aromatic heterocycles. The van der Waals surface area contributed by atoms with Crippen LogP contribution in [0.25, 0.3) is 11.1 Å². The van der Waals surface area contributed by atoms with Crippen LogP contribution in [0.1, 0.15) is 70.2 Å². The molecule has 21 nitrogen and oxygen atoms in total. The number of nitrogens with two attached hydrogens (primary N) is 1. The van der Waals surface area contributed by atoms with Gasteiger partial charge in [0.05, 0.1) is 64.6 Å². The van der Waals surface area contributed by atoms with Crippen LogP contribution >= 0.6 is 11.8 Å². The molecule has 0 fully saturated rings. The van der Waals surface area contributed by atoms with Gasteiger partial charge in [0, 0.05) is 86.4 Å². The van der Waals surface area contributed by atoms with Gasteiger partial charge in [-0.2, -0.15) is 0 Å². The minimum absolute atomic E-state index is 0.000300. The summed E-state index contributed by atoms with van der Waals surface area (Å²) in [4.78, 5) is 102. The van der Waals surface area contributed by atoms with Crippen LogP contribution in [-0.4, -0.2) is 175 Å². The number of aromatic nitrogens is 1. The number of hydrogen-bond acceptors (Lipinski definition) is 14. The Morgan fingerprint density at radius 2 is 1.35 bits per heavy atom. The van der Waals surface area contributed by atoms with Gasteiger partial charge >= 0.3 is 11.9 Å². The van der Waals surface area contributed by atoms with Crippen molar-refractivity contribution in [3.05, 3.63) is 95.8 Å². The summed E-state index contributed by atoms with van der Waals surface area (Å²) in [5.41, 5.74) is 7.37. The van der Waals surface area contributed by atoms with Gasteiger partial charge in [0.1, 0.15) is 23.7 Å². The highest BCUT2D eigenvalue weighted by molar-refractivity contribution is 8.00. The molecule has 0 saturated carbocycles. The molecule has 77 heavy (non-hydrogen) atoms. The van der Waals surface area contributed by atoms with E-state index in [2.05, 4.69) is 16.0 Å². The quantitative estimate of drug-likeness (QED) is 0.0357. The Labute approximate surface area is 450 Å². The Morgan fingerprint density at radius 3 is 1.96 bits per heavy atom. The maximum atomic E-state index is 15.2. The molecule has 2 aromatic carbocycles. The van der Waals surface area contributed by atoms with E-state index in [1.165, 1.54) is 0 Å². The third-order valence-corrected chi connectivity index (χ3v) is 12.8. The van der Waals surface area contributed by atoms with Crippen molar-refractivity contribution < 1.29 is 76.3 Å². The van der Waals surface area contributed by atoms with Crippen LogP contribution in [0.15, 0.2) is 72.9 Å². The van der Waals surface area contributed by atoms with Gasteiger partial charge in [-0.25, -0.2) is 18.4 Å². The van der Waals surface area contributed by atoms with Crippen LogP contribution in [0.2, 0.25) is 0 Å². The van der Waals surface area contributed by atoms with Gasteiger partial charge in [-0.1, -0.05) is 51.1 Å². The monoisotopic (exact) mass is 1100 g/mol. The second kappa shape index (κ2) is 32.9. The molecule has 3 aromatic rings. The van der Waals surface area contributed by atoms with Crippen molar-refractivity contribution in [2.75, 3.05) is 90.5 Å². The van der Waals surface area contributed by atoms with Crippen molar-refractivity contribution in [3.8, 4) is 11.1 Å². The lowest BCUT2D eigenvalue weighted by molar-refractivity contribution is -0.143. The number of nitrogens with one attached hydrogen (secondary N) is 3. The predicted octanol–water partition coefficient (Wildman–Crippen LogP) is 3.29. The van der Waals surface area contributed by atoms with Crippen molar-refractivity contribution in [1.82, 2.24) is 30.3 Å². The number of ether oxygens (including phenoxy) is 4. The number of hydrogen-bond donors (Lipinski definition) is 6. The summed E-state index contributed by atoms with van der Waals surface area (Å²) in [6, 6.07) is 11.0. The smallest absolute Gasteiger partial charge is 0.327 e. The number of halogens is 2. The zero-order valence-corrected chi connectivity index (χ0v) is 44.5. The van der Waals surface area contributed by atoms with Gasteiger partial charge < -0.3 is 60.3 Å². The standard InChI is InChI=1S/C53H71F2N7O14S/c1-53(2,3)50(43-30-37(39-31-38(54)10-11-40(39)55)33-60(43)32-36-8-5-4-6-9-36)62(20-7-18-56)49(68)35-77-34-42(52(71)72)59-45(64)13-12-41(51(69)70)58-46(65)17-22-73-24-26-75-28-29-76-27-25-74-23-19-57-44(63)16-21-61-47(66)14-15-48(61)67/h4-6,8-11,14-15,30-31,33,41-42,50H,7,12-13,16-29,32,34-35,56H2,1-3H3,(H,57,63)(H,58,65)(H,59,64)(H,69,70)(H,71,72)/t41-,42-,50-/m0/s1. The molecule has 0 unspecified atom stereocenters. The number of carboxylic acid groups (broad SMARTS) is 2. The lowest BCUT2D eigenvalue weighted by Gasteiger charge is -2.41. The van der Waals surface area contributed by atoms with Crippen LogP contribution in [0.5, 0.6) is 0 Å². The molecule has 6 amide bonds. The van der Waals surface area contributed by atoms with E-state index in [0.717, 1.165) is 52.6 Å². The highest BCUT2D eigenvalue weighted by Crippen LogP contribution is 2.41. The normalized spacial score (nSPS) is 13.6. The van der Waals surface area contributed by atoms with Crippen LogP contribution in [-0.2, 0) is 63.8 Å². The molecule has 2 heterocycles. The lowest BCUT2D eigenvalue weighted by atomic mass is 9.83. The molecule has 24 heteroatoms. The van der Waals surface area contributed by atoms with Gasteiger partial charge in [0.25, 0.3) is 11.8 Å². The Morgan fingerprint density at radius 1 is 0.753 bits per heavy atom. The molecule has 0 saturated heterocycles. The van der Waals surface area contributed by atoms with E-state index in [1.807, 2.05) is 55.7 Å². The van der Waals surface area contributed by atoms with Gasteiger partial charge in [-0.3, -0.25) is 33.7 Å². The number of carbonyl (C=O) groups excluding carboxylic acids is 6. The highest BCUT2D eigenvalue weighted by atomic mass is 32.2. The van der Waals surface area contributed by atoms with Gasteiger partial charge in [0.2, 0.25) is 23.6 Å². The number of aliphatic carboxylic acids is 2. The first-order chi connectivity index (χ1) is 36.8. The summed E-state index contributed by atoms with van der Waals surface area (Å²) in [5.74, 6) is -7.41. The first-order valence-electron chi connectivity index (χ1n) is 25.2. The molecular formula is C53H71F2N7O14S. The third kappa shape index (κ3) is 22.1. The molecule has 3 atom stereocenters. The molecule has 0 radical (unpaired) electrons. The van der Waals surface area contributed by atoms with Crippen LogP contribution in [0, 0.1) is 17.0 Å². The number of carboxylic acids is 2. The van der Waals surface area contributed by atoms with Crippen LogP contribution in [0.3, 0.4) is 0 Å². The number of carbonyl (C=O) groups is 8. The van der Waals surface area contributed by atoms with Gasteiger partial charge in [-0.05, 0) is 54.6 Å².